The van der Waals surface area contributed by atoms with Gasteiger partial charge in [-0.15, -0.1) is 0 Å². The van der Waals surface area contributed by atoms with Gasteiger partial charge in [-0.25, -0.2) is 0 Å². The Bertz CT molecular complexity index is 1110. The summed E-state index contributed by atoms with van der Waals surface area (Å²) in [6.07, 6.45) is 2.42. The van der Waals surface area contributed by atoms with Gasteiger partial charge < -0.3 is 24.6 Å². The number of carbonyl (C=O) groups is 2. The molecule has 0 bridgehead atoms. The van der Waals surface area contributed by atoms with Crippen molar-refractivity contribution in [2.24, 2.45) is 5.92 Å². The van der Waals surface area contributed by atoms with Gasteiger partial charge in [0.25, 0.3) is 0 Å². The van der Waals surface area contributed by atoms with E-state index >= 15 is 0 Å². The molecular formula is C24H24ClNO6. The van der Waals surface area contributed by atoms with Crippen LogP contribution in [-0.4, -0.2) is 43.1 Å². The number of rotatable bonds is 6. The third-order valence-corrected chi connectivity index (χ3v) is 6.33. The predicted molar refractivity (Wildman–Crippen MR) is 120 cm³/mol. The van der Waals surface area contributed by atoms with Crippen LogP contribution in [0.2, 0.25) is 5.02 Å². The second-order valence-corrected chi connectivity index (χ2v) is 8.28. The van der Waals surface area contributed by atoms with Gasteiger partial charge in [0.1, 0.15) is 22.1 Å². The fraction of sp³-hybridized carbons (Fsp3) is 0.333. The first kappa shape index (κ1) is 22.2. The van der Waals surface area contributed by atoms with Crippen molar-refractivity contribution in [1.82, 2.24) is 0 Å². The largest absolute Gasteiger partial charge is 0.496 e. The molecule has 4 rings (SSSR count). The first-order valence-electron chi connectivity index (χ1n) is 10.3. The number of methoxy groups -OCH3 is 2. The number of carbonyl (C=O) groups excluding carboxylic acids is 2. The molecule has 1 spiro atoms. The second kappa shape index (κ2) is 8.48. The monoisotopic (exact) mass is 457 g/mol. The maximum absolute atomic E-state index is 13.5. The van der Waals surface area contributed by atoms with Gasteiger partial charge in [-0.05, 0) is 30.5 Å². The zero-order valence-corrected chi connectivity index (χ0v) is 18.8. The van der Waals surface area contributed by atoms with E-state index in [4.69, 9.17) is 30.9 Å². The van der Waals surface area contributed by atoms with Gasteiger partial charge >= 0.3 is 0 Å². The molecule has 0 saturated carbocycles. The van der Waals surface area contributed by atoms with Crippen LogP contribution < -0.4 is 19.5 Å². The van der Waals surface area contributed by atoms with Crippen LogP contribution in [0.3, 0.4) is 0 Å². The molecule has 2 unspecified atom stereocenters. The molecule has 168 valence electrons. The highest BCUT2D eigenvalue weighted by Crippen LogP contribution is 2.53. The number of aliphatic hydroxyl groups is 1. The molecule has 2 aromatic carbocycles. The lowest BCUT2D eigenvalue weighted by Gasteiger charge is -2.35. The van der Waals surface area contributed by atoms with Crippen LogP contribution in [-0.2, 0) is 11.2 Å². The molecule has 0 saturated heterocycles. The number of benzene rings is 2. The molecule has 0 amide bonds. The van der Waals surface area contributed by atoms with Crippen LogP contribution in [0.1, 0.15) is 29.3 Å². The highest BCUT2D eigenvalue weighted by molar-refractivity contribution is 6.36. The first-order valence-corrected chi connectivity index (χ1v) is 10.6. The van der Waals surface area contributed by atoms with Crippen molar-refractivity contribution in [1.29, 1.82) is 0 Å². The van der Waals surface area contributed by atoms with Gasteiger partial charge in [-0.2, -0.15) is 0 Å². The van der Waals surface area contributed by atoms with Crippen LogP contribution >= 0.6 is 11.6 Å². The normalized spacial score (nSPS) is 21.8. The van der Waals surface area contributed by atoms with Gasteiger partial charge in [0.2, 0.25) is 17.2 Å². The van der Waals surface area contributed by atoms with Crippen LogP contribution in [0, 0.1) is 5.92 Å². The number of ether oxygens (including phenoxy) is 3. The molecule has 2 aromatic rings. The summed E-state index contributed by atoms with van der Waals surface area (Å²) in [5.41, 5.74) is 0.976. The van der Waals surface area contributed by atoms with E-state index < -0.39 is 23.1 Å². The first-order chi connectivity index (χ1) is 15.3. The Morgan fingerprint density at radius 3 is 2.47 bits per heavy atom. The number of anilines is 1. The molecule has 8 heteroatoms. The number of nitrogens with one attached hydrogen (secondary N) is 1. The van der Waals surface area contributed by atoms with Crippen LogP contribution in [0.4, 0.5) is 5.69 Å². The minimum absolute atomic E-state index is 0.0864. The van der Waals surface area contributed by atoms with E-state index in [1.165, 1.54) is 26.4 Å². The van der Waals surface area contributed by atoms with Gasteiger partial charge in [0.15, 0.2) is 5.75 Å². The summed E-state index contributed by atoms with van der Waals surface area (Å²) in [5.74, 6) is -0.714. The van der Waals surface area contributed by atoms with Gasteiger partial charge in [0.05, 0.1) is 14.2 Å². The quantitative estimate of drug-likeness (QED) is 0.637. The smallest absolute Gasteiger partial charge is 0.236 e. The standard InChI is InChI=1S/C24H24ClNO6/c1-13-10-16(26-15-6-4-14(5-7-15)8-9-27)11-19(28)24(13)23(29)20-17(30-2)12-18(31-3)21(25)22(20)32-24/h4-7,11-13,26-27H,8-10H2,1-3H3. The van der Waals surface area contributed by atoms with E-state index in [1.807, 2.05) is 24.3 Å². The fourth-order valence-electron chi connectivity index (χ4n) is 4.29. The highest BCUT2D eigenvalue weighted by atomic mass is 35.5. The van der Waals surface area contributed by atoms with E-state index in [2.05, 4.69) is 5.32 Å². The number of ketones is 2. The van der Waals surface area contributed by atoms with E-state index in [0.717, 1.165) is 11.3 Å². The summed E-state index contributed by atoms with van der Waals surface area (Å²) in [6.45, 7) is 1.89. The van der Waals surface area contributed by atoms with Crippen LogP contribution in [0.25, 0.3) is 0 Å². The highest BCUT2D eigenvalue weighted by Gasteiger charge is 2.60. The minimum Gasteiger partial charge on any atom is -0.496 e. The molecule has 1 aliphatic heterocycles. The van der Waals surface area contributed by atoms with Crippen molar-refractivity contribution in [3.63, 3.8) is 0 Å². The zero-order chi connectivity index (χ0) is 23.0. The number of aliphatic hydroxyl groups excluding tert-OH is 1. The Kier molecular flexibility index (Phi) is 5.88. The molecule has 0 fully saturated rings. The van der Waals surface area contributed by atoms with Crippen molar-refractivity contribution in [2.45, 2.75) is 25.4 Å². The van der Waals surface area contributed by atoms with E-state index in [-0.39, 0.29) is 28.7 Å². The lowest BCUT2D eigenvalue weighted by molar-refractivity contribution is -0.129. The van der Waals surface area contributed by atoms with Gasteiger partial charge in [0, 0.05) is 36.1 Å². The number of hydrogen-bond acceptors (Lipinski definition) is 7. The Hall–Kier alpha value is -3.03. The summed E-state index contributed by atoms with van der Waals surface area (Å²) in [5, 5.41) is 12.4. The summed E-state index contributed by atoms with van der Waals surface area (Å²) in [7, 11) is 2.88. The van der Waals surface area contributed by atoms with Crippen LogP contribution in [0.5, 0.6) is 17.2 Å². The lowest BCUT2D eigenvalue weighted by atomic mass is 9.74. The number of allylic oxidation sites excluding steroid dienone is 1. The maximum Gasteiger partial charge on any atom is 0.236 e. The third-order valence-electron chi connectivity index (χ3n) is 5.97. The Morgan fingerprint density at radius 2 is 1.88 bits per heavy atom. The summed E-state index contributed by atoms with van der Waals surface area (Å²) in [6, 6.07) is 9.11. The summed E-state index contributed by atoms with van der Waals surface area (Å²) < 4.78 is 16.7. The zero-order valence-electron chi connectivity index (χ0n) is 18.0. The third kappa shape index (κ3) is 3.42. The molecule has 2 N–H and O–H groups in total. The van der Waals surface area contributed by atoms with Crippen molar-refractivity contribution < 1.29 is 28.9 Å². The van der Waals surface area contributed by atoms with E-state index in [9.17, 15) is 9.59 Å². The average Bonchev–Trinajstić information content (AvgIpc) is 3.09. The molecule has 1 aliphatic carbocycles. The van der Waals surface area contributed by atoms with Crippen molar-refractivity contribution in [2.75, 3.05) is 26.1 Å². The summed E-state index contributed by atoms with van der Waals surface area (Å²) in [4.78, 5) is 26.8. The second-order valence-electron chi connectivity index (χ2n) is 7.90. The SMILES string of the molecule is COc1cc(OC)c2c(c1Cl)OC1(C(=O)C=C(Nc3ccc(CCO)cc3)CC1C)C2=O. The summed E-state index contributed by atoms with van der Waals surface area (Å²) >= 11 is 6.41. The molecule has 2 aliphatic rings. The molecule has 32 heavy (non-hydrogen) atoms. The van der Waals surface area contributed by atoms with E-state index in [1.54, 1.807) is 6.92 Å². The van der Waals surface area contributed by atoms with Gasteiger partial charge in [-0.1, -0.05) is 30.7 Å². The Labute approximate surface area is 190 Å². The molecule has 2 atom stereocenters. The maximum atomic E-state index is 13.5. The number of Topliss-reactive ketones (excluding diaryl/α,β-unsaturated/α-hetero) is 1. The lowest BCUT2D eigenvalue weighted by Crippen LogP contribution is -2.55. The number of fused-ring (bicyclic) bond motifs is 1. The van der Waals surface area contributed by atoms with Crippen molar-refractivity contribution >= 4 is 28.9 Å². The van der Waals surface area contributed by atoms with E-state index in [0.29, 0.717) is 24.3 Å². The van der Waals surface area contributed by atoms with Crippen molar-refractivity contribution in [3.8, 4) is 17.2 Å². The predicted octanol–water partition coefficient (Wildman–Crippen LogP) is 3.81. The fourth-order valence-corrected chi connectivity index (χ4v) is 4.55. The molecule has 0 aromatic heterocycles. The van der Waals surface area contributed by atoms with Crippen molar-refractivity contribution in [3.05, 3.63) is 58.3 Å². The minimum atomic E-state index is -1.69. The molecular weight excluding hydrogens is 434 g/mol. The molecule has 1 heterocycles. The Balaban J connectivity index is 1.65. The Morgan fingerprint density at radius 1 is 1.19 bits per heavy atom. The number of halogens is 1. The molecule has 7 nitrogen and oxygen atoms in total. The topological polar surface area (TPSA) is 94.1 Å². The number of hydrogen-bond donors (Lipinski definition) is 2. The van der Waals surface area contributed by atoms with Crippen LogP contribution in [0.15, 0.2) is 42.1 Å². The molecule has 0 radical (unpaired) electrons. The van der Waals surface area contributed by atoms with Gasteiger partial charge in [-0.3, -0.25) is 9.59 Å². The average molecular weight is 458 g/mol.